The zero-order valence-electron chi connectivity index (χ0n) is 14.2. The minimum atomic E-state index is -2.65. The van der Waals surface area contributed by atoms with Gasteiger partial charge in [0.2, 0.25) is 0 Å². The van der Waals surface area contributed by atoms with Crippen LogP contribution in [0.3, 0.4) is 0 Å². The average Bonchev–Trinajstić information content (AvgIpc) is 3.05. The van der Waals surface area contributed by atoms with E-state index < -0.39 is 6.55 Å². The Kier molecular flexibility index (Phi) is 5.62. The Balaban J connectivity index is 2.01. The van der Waals surface area contributed by atoms with Crippen LogP contribution in [-0.4, -0.2) is 19.1 Å². The van der Waals surface area contributed by atoms with Gasteiger partial charge in [0.15, 0.2) is 5.16 Å². The molecule has 0 spiro atoms. The summed E-state index contributed by atoms with van der Waals surface area (Å²) in [6, 6.07) is 4.95. The zero-order chi connectivity index (χ0) is 18.8. The number of rotatable bonds is 6. The molecule has 0 atom stereocenters. The summed E-state index contributed by atoms with van der Waals surface area (Å²) in [6.45, 7) is 1.80. The molecule has 0 aliphatic heterocycles. The molecule has 0 amide bonds. The molecule has 9 heteroatoms. The number of nitrogens with zero attached hydrogens (tertiary/aromatic N) is 4. The van der Waals surface area contributed by atoms with E-state index in [1.54, 1.807) is 22.8 Å². The number of fused-ring (bicyclic) bond motifs is 1. The predicted octanol–water partition coefficient (Wildman–Crippen LogP) is 4.59. The van der Waals surface area contributed by atoms with Crippen molar-refractivity contribution in [2.24, 2.45) is 5.92 Å². The summed E-state index contributed by atoms with van der Waals surface area (Å²) in [5, 5.41) is 1.38. The van der Waals surface area contributed by atoms with E-state index in [0.29, 0.717) is 27.6 Å². The van der Waals surface area contributed by atoms with Crippen LogP contribution in [0.4, 0.5) is 8.78 Å². The Morgan fingerprint density at radius 2 is 2.08 bits per heavy atom. The third-order valence-corrected chi connectivity index (χ3v) is 4.93. The van der Waals surface area contributed by atoms with Gasteiger partial charge in [-0.1, -0.05) is 37.2 Å². The molecule has 0 radical (unpaired) electrons. The van der Waals surface area contributed by atoms with Gasteiger partial charge in [0.1, 0.15) is 5.82 Å². The van der Waals surface area contributed by atoms with Gasteiger partial charge >= 0.3 is 6.55 Å². The van der Waals surface area contributed by atoms with E-state index in [0.717, 1.165) is 4.57 Å². The van der Waals surface area contributed by atoms with Crippen molar-refractivity contribution in [2.45, 2.75) is 37.9 Å². The molecule has 5 nitrogen and oxygen atoms in total. The fourth-order valence-corrected chi connectivity index (χ4v) is 3.70. The number of aromatic nitrogens is 4. The van der Waals surface area contributed by atoms with Crippen molar-refractivity contribution in [3.05, 3.63) is 51.8 Å². The minimum absolute atomic E-state index is 0.182. The van der Waals surface area contributed by atoms with Crippen LogP contribution in [0.2, 0.25) is 5.02 Å². The van der Waals surface area contributed by atoms with Crippen LogP contribution in [0.15, 0.2) is 40.5 Å². The number of alkyl halides is 2. The SMILES string of the molecule is CC(C)Cn1c(SCc2nccn2C(F)F)nc2ccc(Cl)cc2c1=O. The van der Waals surface area contributed by atoms with Crippen molar-refractivity contribution < 1.29 is 8.78 Å². The summed E-state index contributed by atoms with van der Waals surface area (Å²) in [5.41, 5.74) is 0.338. The van der Waals surface area contributed by atoms with E-state index in [1.165, 1.54) is 24.2 Å². The maximum absolute atomic E-state index is 13.0. The quantitative estimate of drug-likeness (QED) is 0.450. The summed E-state index contributed by atoms with van der Waals surface area (Å²) >= 11 is 7.21. The van der Waals surface area contributed by atoms with E-state index in [2.05, 4.69) is 9.97 Å². The molecular formula is C17H17ClF2N4OS. The second-order valence-corrected chi connectivity index (χ2v) is 7.56. The molecule has 138 valence electrons. The molecule has 1 aromatic carbocycles. The highest BCUT2D eigenvalue weighted by atomic mass is 35.5. The van der Waals surface area contributed by atoms with Gasteiger partial charge in [-0.15, -0.1) is 0 Å². The van der Waals surface area contributed by atoms with Crippen LogP contribution in [0.5, 0.6) is 0 Å². The molecular weight excluding hydrogens is 382 g/mol. The largest absolute Gasteiger partial charge is 0.319 e. The van der Waals surface area contributed by atoms with E-state index in [9.17, 15) is 13.6 Å². The smallest absolute Gasteiger partial charge is 0.287 e. The monoisotopic (exact) mass is 398 g/mol. The normalized spacial score (nSPS) is 11.8. The Bertz CT molecular complexity index is 987. The van der Waals surface area contributed by atoms with Gasteiger partial charge in [0.05, 0.1) is 16.7 Å². The summed E-state index contributed by atoms with van der Waals surface area (Å²) in [6.07, 6.45) is 2.57. The fourth-order valence-electron chi connectivity index (χ4n) is 2.57. The van der Waals surface area contributed by atoms with Gasteiger partial charge in [0, 0.05) is 24.0 Å². The number of halogens is 3. The molecule has 0 saturated carbocycles. The average molecular weight is 399 g/mol. The zero-order valence-corrected chi connectivity index (χ0v) is 15.8. The van der Waals surface area contributed by atoms with Crippen molar-refractivity contribution in [2.75, 3.05) is 0 Å². The predicted molar refractivity (Wildman–Crippen MR) is 98.9 cm³/mol. The lowest BCUT2D eigenvalue weighted by atomic mass is 10.2. The number of imidazole rings is 1. The Hall–Kier alpha value is -1.93. The first kappa shape index (κ1) is 18.8. The van der Waals surface area contributed by atoms with Crippen LogP contribution in [0.1, 0.15) is 26.2 Å². The Morgan fingerprint density at radius 1 is 1.31 bits per heavy atom. The van der Waals surface area contributed by atoms with Crippen LogP contribution < -0.4 is 5.56 Å². The Labute approximate surface area is 158 Å². The highest BCUT2D eigenvalue weighted by Crippen LogP contribution is 2.25. The maximum atomic E-state index is 13.0. The topological polar surface area (TPSA) is 52.7 Å². The second-order valence-electron chi connectivity index (χ2n) is 6.18. The number of hydrogen-bond donors (Lipinski definition) is 0. The molecule has 0 fully saturated rings. The lowest BCUT2D eigenvalue weighted by Crippen LogP contribution is -2.25. The van der Waals surface area contributed by atoms with Crippen LogP contribution in [0.25, 0.3) is 10.9 Å². The van der Waals surface area contributed by atoms with Crippen LogP contribution in [0, 0.1) is 5.92 Å². The minimum Gasteiger partial charge on any atom is -0.287 e. The summed E-state index contributed by atoms with van der Waals surface area (Å²) in [7, 11) is 0. The van der Waals surface area contributed by atoms with Crippen LogP contribution in [-0.2, 0) is 12.3 Å². The molecule has 2 aromatic heterocycles. The first-order valence-corrected chi connectivity index (χ1v) is 9.36. The van der Waals surface area contributed by atoms with E-state index >= 15 is 0 Å². The molecule has 0 saturated heterocycles. The summed E-state index contributed by atoms with van der Waals surface area (Å²) in [4.78, 5) is 21.4. The second kappa shape index (κ2) is 7.75. The Morgan fingerprint density at radius 3 is 2.77 bits per heavy atom. The molecule has 3 aromatic rings. The molecule has 0 N–H and O–H groups in total. The molecule has 0 aliphatic carbocycles. The lowest BCUT2D eigenvalue weighted by molar-refractivity contribution is 0.0678. The lowest BCUT2D eigenvalue weighted by Gasteiger charge is -2.15. The van der Waals surface area contributed by atoms with Gasteiger partial charge in [0.25, 0.3) is 5.56 Å². The third-order valence-electron chi connectivity index (χ3n) is 3.72. The number of benzene rings is 1. The van der Waals surface area contributed by atoms with Crippen LogP contribution >= 0.6 is 23.4 Å². The molecule has 3 rings (SSSR count). The maximum Gasteiger partial charge on any atom is 0.319 e. The molecule has 0 bridgehead atoms. The molecule has 0 aliphatic rings. The summed E-state index contributed by atoms with van der Waals surface area (Å²) < 4.78 is 28.3. The number of hydrogen-bond acceptors (Lipinski definition) is 4. The van der Waals surface area contributed by atoms with Crippen molar-refractivity contribution in [3.8, 4) is 0 Å². The van der Waals surface area contributed by atoms with Crippen molar-refractivity contribution >= 4 is 34.3 Å². The third kappa shape index (κ3) is 3.91. The van der Waals surface area contributed by atoms with E-state index in [4.69, 9.17) is 11.6 Å². The molecule has 2 heterocycles. The van der Waals surface area contributed by atoms with Gasteiger partial charge in [-0.05, 0) is 24.1 Å². The standard InChI is InChI=1S/C17H17ClF2N4OS/c1-10(2)8-24-15(25)12-7-11(18)3-4-13(12)22-17(24)26-9-14-21-5-6-23(14)16(19)20/h3-7,10,16H,8-9H2,1-2H3. The van der Waals surface area contributed by atoms with E-state index in [-0.39, 0.29) is 23.1 Å². The van der Waals surface area contributed by atoms with Gasteiger partial charge in [-0.25, -0.2) is 9.97 Å². The fraction of sp³-hybridized carbons (Fsp3) is 0.353. The van der Waals surface area contributed by atoms with Gasteiger partial charge in [-0.2, -0.15) is 8.78 Å². The first-order valence-electron chi connectivity index (χ1n) is 7.99. The van der Waals surface area contributed by atoms with E-state index in [1.807, 2.05) is 13.8 Å². The highest BCUT2D eigenvalue weighted by molar-refractivity contribution is 7.98. The number of thioether (sulfide) groups is 1. The van der Waals surface area contributed by atoms with Gasteiger partial charge in [-0.3, -0.25) is 13.9 Å². The molecule has 26 heavy (non-hydrogen) atoms. The van der Waals surface area contributed by atoms with Crippen molar-refractivity contribution in [3.63, 3.8) is 0 Å². The molecule has 0 unspecified atom stereocenters. The summed E-state index contributed by atoms with van der Waals surface area (Å²) in [5.74, 6) is 0.626. The van der Waals surface area contributed by atoms with Crippen molar-refractivity contribution in [1.82, 2.24) is 19.1 Å². The highest BCUT2D eigenvalue weighted by Gasteiger charge is 2.16. The first-order chi connectivity index (χ1) is 12.4. The van der Waals surface area contributed by atoms with Gasteiger partial charge < -0.3 is 0 Å². The van der Waals surface area contributed by atoms with Crippen molar-refractivity contribution in [1.29, 1.82) is 0 Å².